The second-order valence-electron chi connectivity index (χ2n) is 3.90. The normalized spacial score (nSPS) is 9.10. The fourth-order valence-corrected chi connectivity index (χ4v) is 3.41. The fraction of sp³-hybridized carbons (Fsp3) is 0.111. The van der Waals surface area contributed by atoms with Crippen LogP contribution in [0.4, 0.5) is 0 Å². The van der Waals surface area contributed by atoms with Crippen LogP contribution in [0.1, 0.15) is 11.1 Å². The predicted molar refractivity (Wildman–Crippen MR) is 89.7 cm³/mol. The summed E-state index contributed by atoms with van der Waals surface area (Å²) < 4.78 is 1.33. The summed E-state index contributed by atoms with van der Waals surface area (Å²) in [5, 5.41) is 0. The molecule has 0 amide bonds. The minimum absolute atomic E-state index is 0.462. The topological polar surface area (TPSA) is 0 Å². The molecule has 0 fully saturated rings. The zero-order chi connectivity index (χ0) is 14.2. The van der Waals surface area contributed by atoms with E-state index in [1.807, 2.05) is 24.3 Å². The Kier molecular flexibility index (Phi) is 5.85. The Hall–Kier alpha value is -1.57. The Morgan fingerprint density at radius 2 is 1.45 bits per heavy atom. The third kappa shape index (κ3) is 3.96. The summed E-state index contributed by atoms with van der Waals surface area (Å²) in [5.74, 6) is 14.4. The number of rotatable bonds is 2. The van der Waals surface area contributed by atoms with E-state index >= 15 is 0 Å². The van der Waals surface area contributed by atoms with Crippen molar-refractivity contribution in [3.05, 3.63) is 59.7 Å². The molecule has 0 aliphatic rings. The van der Waals surface area contributed by atoms with Gasteiger partial charge in [-0.1, -0.05) is 0 Å². The molecule has 0 aliphatic carbocycles. The molecule has 2 aromatic carbocycles. The molecule has 0 aliphatic heterocycles. The molecule has 2 rings (SSSR count). The zero-order valence-electron chi connectivity index (χ0n) is 11.4. The van der Waals surface area contributed by atoms with Gasteiger partial charge in [0.15, 0.2) is 0 Å². The first-order chi connectivity index (χ1) is 9.85. The minimum atomic E-state index is 0.462. The SMILES string of the molecule is CSc1ccccc1C#CC#Cc1ccccc1[Se]C. The summed E-state index contributed by atoms with van der Waals surface area (Å²) >= 11 is 2.17. The Morgan fingerprint density at radius 1 is 0.850 bits per heavy atom. The summed E-state index contributed by atoms with van der Waals surface area (Å²) in [6.45, 7) is 0. The van der Waals surface area contributed by atoms with Crippen molar-refractivity contribution in [1.82, 2.24) is 0 Å². The van der Waals surface area contributed by atoms with E-state index in [1.54, 1.807) is 11.8 Å². The molecule has 2 heteroatoms. The van der Waals surface area contributed by atoms with Crippen LogP contribution in [0.5, 0.6) is 0 Å². The zero-order valence-corrected chi connectivity index (χ0v) is 14.0. The monoisotopic (exact) mass is 342 g/mol. The quantitative estimate of drug-likeness (QED) is 0.459. The van der Waals surface area contributed by atoms with Crippen LogP contribution in [0.3, 0.4) is 0 Å². The Balaban J connectivity index is 2.22. The molecular weight excluding hydrogens is 327 g/mol. The second-order valence-corrected chi connectivity index (χ2v) is 6.53. The van der Waals surface area contributed by atoms with Gasteiger partial charge in [0.1, 0.15) is 0 Å². The molecule has 98 valence electrons. The molecule has 0 radical (unpaired) electrons. The molecule has 20 heavy (non-hydrogen) atoms. The molecule has 2 aromatic rings. The summed E-state index contributed by atoms with van der Waals surface area (Å²) in [5.41, 5.74) is 2.14. The van der Waals surface area contributed by atoms with Crippen molar-refractivity contribution in [2.75, 3.05) is 6.26 Å². The van der Waals surface area contributed by atoms with Crippen molar-refractivity contribution in [3.8, 4) is 23.7 Å². The van der Waals surface area contributed by atoms with E-state index in [0.29, 0.717) is 15.0 Å². The van der Waals surface area contributed by atoms with Gasteiger partial charge in [0, 0.05) is 0 Å². The molecule has 0 unspecified atom stereocenters. The molecule has 0 aromatic heterocycles. The summed E-state index contributed by atoms with van der Waals surface area (Å²) in [6.07, 6.45) is 2.06. The van der Waals surface area contributed by atoms with E-state index in [4.69, 9.17) is 0 Å². The first-order valence-electron chi connectivity index (χ1n) is 6.13. The van der Waals surface area contributed by atoms with Crippen molar-refractivity contribution in [2.24, 2.45) is 0 Å². The van der Waals surface area contributed by atoms with Crippen molar-refractivity contribution in [3.63, 3.8) is 0 Å². The molecule has 0 spiro atoms. The van der Waals surface area contributed by atoms with E-state index in [1.165, 1.54) is 9.36 Å². The van der Waals surface area contributed by atoms with Crippen LogP contribution in [0.15, 0.2) is 53.4 Å². The fourth-order valence-electron chi connectivity index (χ4n) is 1.69. The Bertz CT molecular complexity index is 648. The second kappa shape index (κ2) is 7.88. The predicted octanol–water partition coefficient (Wildman–Crippen LogP) is 3.19. The number of hydrogen-bond acceptors (Lipinski definition) is 1. The third-order valence-electron chi connectivity index (χ3n) is 2.67. The van der Waals surface area contributed by atoms with E-state index in [9.17, 15) is 0 Å². The van der Waals surface area contributed by atoms with Crippen LogP contribution >= 0.6 is 11.8 Å². The Labute approximate surface area is 131 Å². The molecule has 0 nitrogen and oxygen atoms in total. The molecule has 0 N–H and O–H groups in total. The van der Waals surface area contributed by atoms with E-state index in [2.05, 4.69) is 60.0 Å². The van der Waals surface area contributed by atoms with Crippen LogP contribution in [-0.4, -0.2) is 21.2 Å². The van der Waals surface area contributed by atoms with Gasteiger partial charge < -0.3 is 0 Å². The number of benzene rings is 2. The number of thioether (sulfide) groups is 1. The first kappa shape index (κ1) is 14.8. The van der Waals surface area contributed by atoms with Crippen molar-refractivity contribution >= 4 is 31.2 Å². The van der Waals surface area contributed by atoms with Crippen molar-refractivity contribution in [1.29, 1.82) is 0 Å². The number of hydrogen-bond donors (Lipinski definition) is 0. The molecule has 0 atom stereocenters. The van der Waals surface area contributed by atoms with Crippen molar-refractivity contribution < 1.29 is 0 Å². The van der Waals surface area contributed by atoms with Crippen LogP contribution in [0.25, 0.3) is 0 Å². The molecule has 0 bridgehead atoms. The summed E-state index contributed by atoms with van der Waals surface area (Å²) in [7, 11) is 0. The van der Waals surface area contributed by atoms with E-state index in [-0.39, 0.29) is 0 Å². The standard InChI is InChI=1S/C18H14SSe/c1-19-17-13-7-5-10-15(17)9-3-4-11-16-12-6-8-14-18(16)20-2/h5-8,10,12-14H,1-2H3. The summed E-state index contributed by atoms with van der Waals surface area (Å²) in [4.78, 5) is 1.19. The average molecular weight is 341 g/mol. The average Bonchev–Trinajstić information content (AvgIpc) is 2.52. The van der Waals surface area contributed by atoms with Gasteiger partial charge in [0.2, 0.25) is 0 Å². The van der Waals surface area contributed by atoms with Gasteiger partial charge in [-0.2, -0.15) is 0 Å². The van der Waals surface area contributed by atoms with Crippen LogP contribution < -0.4 is 4.46 Å². The molecule has 0 saturated carbocycles. The maximum absolute atomic E-state index is 3.16. The van der Waals surface area contributed by atoms with Gasteiger partial charge >= 0.3 is 131 Å². The third-order valence-corrected chi connectivity index (χ3v) is 5.14. The van der Waals surface area contributed by atoms with Gasteiger partial charge in [0.25, 0.3) is 0 Å². The van der Waals surface area contributed by atoms with Crippen LogP contribution in [0, 0.1) is 23.7 Å². The van der Waals surface area contributed by atoms with E-state index < -0.39 is 0 Å². The van der Waals surface area contributed by atoms with Gasteiger partial charge in [-0.25, -0.2) is 0 Å². The summed E-state index contributed by atoms with van der Waals surface area (Å²) in [6, 6.07) is 16.4. The van der Waals surface area contributed by atoms with Crippen LogP contribution in [0.2, 0.25) is 5.82 Å². The van der Waals surface area contributed by atoms with Gasteiger partial charge in [-0.3, -0.25) is 0 Å². The molecule has 0 heterocycles. The maximum atomic E-state index is 3.16. The molecule has 0 saturated heterocycles. The van der Waals surface area contributed by atoms with E-state index in [0.717, 1.165) is 11.1 Å². The van der Waals surface area contributed by atoms with Gasteiger partial charge in [-0.05, 0) is 0 Å². The first-order valence-corrected chi connectivity index (χ1v) is 9.92. The van der Waals surface area contributed by atoms with Gasteiger partial charge in [0.05, 0.1) is 0 Å². The van der Waals surface area contributed by atoms with Crippen molar-refractivity contribution in [2.45, 2.75) is 10.7 Å². The Morgan fingerprint density at radius 3 is 2.15 bits per heavy atom. The molecular formula is C18H14SSe. The van der Waals surface area contributed by atoms with Gasteiger partial charge in [-0.15, -0.1) is 0 Å². The van der Waals surface area contributed by atoms with Crippen LogP contribution in [-0.2, 0) is 0 Å².